The Morgan fingerprint density at radius 2 is 1.33 bits per heavy atom. The quantitative estimate of drug-likeness (QED) is 0.693. The van der Waals surface area contributed by atoms with Crippen LogP contribution in [-0.4, -0.2) is 11.3 Å². The van der Waals surface area contributed by atoms with Crippen molar-refractivity contribution in [2.45, 2.75) is 17.7 Å². The lowest BCUT2D eigenvalue weighted by Crippen LogP contribution is -2.10. The molecule has 0 spiro atoms. The Kier molecular flexibility index (Phi) is 5.68. The molecule has 0 heterocycles. The lowest BCUT2D eigenvalue weighted by molar-refractivity contribution is -0.118. The summed E-state index contributed by atoms with van der Waals surface area (Å²) in [5, 5.41) is 0.933. The van der Waals surface area contributed by atoms with Gasteiger partial charge in [-0.2, -0.15) is 0 Å². The van der Waals surface area contributed by atoms with Crippen molar-refractivity contribution in [3.8, 4) is 0 Å². The van der Waals surface area contributed by atoms with Gasteiger partial charge in [-0.25, -0.2) is 4.39 Å². The molecule has 110 valence electrons. The van der Waals surface area contributed by atoms with Gasteiger partial charge in [0, 0.05) is 10.0 Å². The highest BCUT2D eigenvalue weighted by Gasteiger charge is 2.23. The smallest absolute Gasteiger partial charge is 0.204 e. The molecule has 1 nitrogen and oxygen atoms in total. The van der Waals surface area contributed by atoms with Gasteiger partial charge in [-0.05, 0) is 42.3 Å². The second-order valence-electron chi connectivity index (χ2n) is 4.55. The van der Waals surface area contributed by atoms with E-state index >= 15 is 0 Å². The maximum atomic E-state index is 13.9. The molecule has 1 atom stereocenters. The van der Waals surface area contributed by atoms with Crippen LogP contribution < -0.4 is 0 Å². The molecule has 1 unspecified atom stereocenters. The van der Waals surface area contributed by atoms with Crippen molar-refractivity contribution in [2.75, 3.05) is 0 Å². The fourth-order valence-corrected chi connectivity index (χ4v) is 3.15. The van der Waals surface area contributed by atoms with E-state index in [2.05, 4.69) is 0 Å². The second-order valence-corrected chi connectivity index (χ2v) is 6.58. The molecule has 0 aliphatic carbocycles. The number of alkyl halides is 1. The lowest BCUT2D eigenvalue weighted by Gasteiger charge is -2.19. The van der Waals surface area contributed by atoms with Gasteiger partial charge in [-0.1, -0.05) is 47.5 Å². The number of rotatable bonds is 5. The molecule has 2 aromatic carbocycles. The third-order valence-corrected chi connectivity index (χ3v) is 4.81. The first kappa shape index (κ1) is 16.3. The summed E-state index contributed by atoms with van der Waals surface area (Å²) in [5.41, 5.74) is 0.201. The van der Waals surface area contributed by atoms with E-state index in [0.29, 0.717) is 10.0 Å². The molecule has 0 bridgehead atoms. The number of carbonyl (C=O) groups is 1. The summed E-state index contributed by atoms with van der Waals surface area (Å²) in [5.74, 6) is -0.493. The van der Waals surface area contributed by atoms with Crippen molar-refractivity contribution in [1.82, 2.24) is 0 Å². The number of carbonyl (C=O) groups excluding carboxylic acids is 1. The third-order valence-electron chi connectivity index (χ3n) is 2.92. The monoisotopic (exact) mass is 342 g/mol. The fraction of sp³-hybridized carbons (Fsp3) is 0.188. The molecule has 0 N–H and O–H groups in total. The fourth-order valence-electron chi connectivity index (χ4n) is 1.84. The normalized spacial score (nSPS) is 12.4. The molecule has 0 aliphatic heterocycles. The van der Waals surface area contributed by atoms with Crippen LogP contribution >= 0.6 is 35.0 Å². The number of thioether (sulfide) groups is 1. The minimum absolute atomic E-state index is 0.293. The molecule has 0 radical (unpaired) electrons. The lowest BCUT2D eigenvalue weighted by atomic mass is 10.0. The number of hydrogen-bond donors (Lipinski definition) is 0. The number of halogens is 3. The Morgan fingerprint density at radius 3 is 1.67 bits per heavy atom. The van der Waals surface area contributed by atoms with E-state index in [1.54, 1.807) is 24.3 Å². The highest BCUT2D eigenvalue weighted by Crippen LogP contribution is 2.39. The molecular formula is C16H13Cl2FOS. The highest BCUT2D eigenvalue weighted by molar-refractivity contribution is 8.00. The number of hydrogen-bond acceptors (Lipinski definition) is 2. The van der Waals surface area contributed by atoms with E-state index < -0.39 is 11.3 Å². The standard InChI is InChI=1S/C16H13Cl2FOS/c1-10(20)16(19)21-15(11-2-6-13(17)7-3-11)12-4-8-14(18)9-5-12/h2-9,15-16H,1H3. The van der Waals surface area contributed by atoms with Gasteiger partial charge in [-0.3, -0.25) is 4.79 Å². The molecule has 5 heteroatoms. The van der Waals surface area contributed by atoms with Gasteiger partial charge in [0.25, 0.3) is 0 Å². The van der Waals surface area contributed by atoms with Crippen molar-refractivity contribution in [3.63, 3.8) is 0 Å². The van der Waals surface area contributed by atoms with Gasteiger partial charge >= 0.3 is 0 Å². The zero-order chi connectivity index (χ0) is 15.4. The van der Waals surface area contributed by atoms with E-state index in [1.165, 1.54) is 6.92 Å². The first-order valence-corrected chi connectivity index (χ1v) is 7.98. The average Bonchev–Trinajstić information content (AvgIpc) is 2.46. The molecule has 0 saturated carbocycles. The van der Waals surface area contributed by atoms with Crippen LogP contribution in [0.2, 0.25) is 10.0 Å². The summed E-state index contributed by atoms with van der Waals surface area (Å²) in [7, 11) is 0. The Bertz CT molecular complexity index is 568. The van der Waals surface area contributed by atoms with Crippen molar-refractivity contribution >= 4 is 40.7 Å². The maximum absolute atomic E-state index is 13.9. The van der Waals surface area contributed by atoms with Crippen LogP contribution in [0.15, 0.2) is 48.5 Å². The number of benzene rings is 2. The van der Waals surface area contributed by atoms with Crippen LogP contribution in [-0.2, 0) is 4.79 Å². The summed E-state index contributed by atoms with van der Waals surface area (Å²) in [4.78, 5) is 11.2. The van der Waals surface area contributed by atoms with Crippen molar-refractivity contribution < 1.29 is 9.18 Å². The molecular weight excluding hydrogens is 330 g/mol. The molecule has 0 amide bonds. The van der Waals surface area contributed by atoms with Crippen LogP contribution in [0.3, 0.4) is 0 Å². The van der Waals surface area contributed by atoms with Gasteiger partial charge in [0.1, 0.15) is 0 Å². The summed E-state index contributed by atoms with van der Waals surface area (Å²) < 4.78 is 13.9. The summed E-state index contributed by atoms with van der Waals surface area (Å²) in [6.45, 7) is 1.25. The number of ketones is 1. The zero-order valence-corrected chi connectivity index (χ0v) is 13.6. The van der Waals surface area contributed by atoms with Crippen LogP contribution in [0.5, 0.6) is 0 Å². The number of Topliss-reactive ketones (excluding diaryl/α,β-unsaturated/α-hetero) is 1. The Morgan fingerprint density at radius 1 is 0.952 bits per heavy atom. The van der Waals surface area contributed by atoms with Crippen LogP contribution in [0.25, 0.3) is 0 Å². The first-order chi connectivity index (χ1) is 9.97. The Hall–Kier alpha value is -1.03. The second kappa shape index (κ2) is 7.30. The maximum Gasteiger partial charge on any atom is 0.204 e. The minimum atomic E-state index is -1.57. The van der Waals surface area contributed by atoms with E-state index in [0.717, 1.165) is 22.9 Å². The van der Waals surface area contributed by atoms with E-state index in [1.807, 2.05) is 24.3 Å². The molecule has 0 saturated heterocycles. The molecule has 2 aromatic rings. The predicted molar refractivity (Wildman–Crippen MR) is 87.9 cm³/mol. The Balaban J connectivity index is 2.36. The van der Waals surface area contributed by atoms with Gasteiger partial charge in [0.2, 0.25) is 5.50 Å². The SMILES string of the molecule is CC(=O)C(F)SC(c1ccc(Cl)cc1)c1ccc(Cl)cc1. The molecule has 0 aliphatic rings. The van der Waals surface area contributed by atoms with E-state index in [9.17, 15) is 9.18 Å². The van der Waals surface area contributed by atoms with Crippen LogP contribution in [0.4, 0.5) is 4.39 Å². The van der Waals surface area contributed by atoms with Gasteiger partial charge in [-0.15, -0.1) is 11.8 Å². The molecule has 21 heavy (non-hydrogen) atoms. The van der Waals surface area contributed by atoms with Crippen LogP contribution in [0.1, 0.15) is 23.3 Å². The highest BCUT2D eigenvalue weighted by atomic mass is 35.5. The zero-order valence-electron chi connectivity index (χ0n) is 11.2. The molecule has 2 rings (SSSR count). The van der Waals surface area contributed by atoms with E-state index in [-0.39, 0.29) is 5.25 Å². The summed E-state index contributed by atoms with van der Waals surface area (Å²) >= 11 is 12.7. The molecule has 0 fully saturated rings. The summed E-state index contributed by atoms with van der Waals surface area (Å²) in [6, 6.07) is 14.3. The minimum Gasteiger partial charge on any atom is -0.296 e. The summed E-state index contributed by atoms with van der Waals surface area (Å²) in [6.07, 6.45) is 0. The van der Waals surface area contributed by atoms with Crippen LogP contribution in [0, 0.1) is 0 Å². The van der Waals surface area contributed by atoms with Crippen molar-refractivity contribution in [2.24, 2.45) is 0 Å². The average molecular weight is 343 g/mol. The third kappa shape index (κ3) is 4.47. The van der Waals surface area contributed by atoms with Crippen molar-refractivity contribution in [1.29, 1.82) is 0 Å². The largest absolute Gasteiger partial charge is 0.296 e. The van der Waals surface area contributed by atoms with Crippen molar-refractivity contribution in [3.05, 3.63) is 69.7 Å². The van der Waals surface area contributed by atoms with Gasteiger partial charge < -0.3 is 0 Å². The Labute approximate surface area is 137 Å². The van der Waals surface area contributed by atoms with E-state index in [4.69, 9.17) is 23.2 Å². The van der Waals surface area contributed by atoms with Gasteiger partial charge in [0.15, 0.2) is 5.78 Å². The topological polar surface area (TPSA) is 17.1 Å². The first-order valence-electron chi connectivity index (χ1n) is 6.28. The predicted octanol–water partition coefficient (Wildman–Crippen LogP) is 5.70. The van der Waals surface area contributed by atoms with Gasteiger partial charge in [0.05, 0.1) is 5.25 Å². The molecule has 0 aromatic heterocycles.